The number of hydrogen-bond donors (Lipinski definition) is 0. The maximum Gasteiger partial charge on any atom is 0.101 e. The van der Waals surface area contributed by atoms with Gasteiger partial charge >= 0.3 is 0 Å². The highest BCUT2D eigenvalue weighted by Crippen LogP contribution is 2.30. The van der Waals surface area contributed by atoms with Crippen LogP contribution in [0.4, 0.5) is 0 Å². The first kappa shape index (κ1) is 11.1. The van der Waals surface area contributed by atoms with E-state index in [1.54, 1.807) is 0 Å². The van der Waals surface area contributed by atoms with Gasteiger partial charge in [-0.05, 0) is 10.9 Å². The minimum atomic E-state index is 0.962. The van der Waals surface area contributed by atoms with Gasteiger partial charge in [0, 0.05) is 16.3 Å². The summed E-state index contributed by atoms with van der Waals surface area (Å²) >= 11 is 0. The van der Waals surface area contributed by atoms with Crippen LogP contribution in [-0.2, 0) is 0 Å². The fourth-order valence-electron chi connectivity index (χ4n) is 2.64. The molecular formula is C18H12N2. The summed E-state index contributed by atoms with van der Waals surface area (Å²) in [5.41, 5.74) is 3.26. The lowest BCUT2D eigenvalue weighted by Crippen LogP contribution is -1.89. The fraction of sp³-hybridized carbons (Fsp3) is 0. The van der Waals surface area contributed by atoms with Crippen LogP contribution in [0.5, 0.6) is 0 Å². The second-order valence-electron chi connectivity index (χ2n) is 4.81. The van der Waals surface area contributed by atoms with E-state index in [4.69, 9.17) is 0 Å². The van der Waals surface area contributed by atoms with Gasteiger partial charge in [-0.2, -0.15) is 5.10 Å². The standard InChI is InChI=1S/C18H12N2/c1-2-6-13(7-3-1)17-12-19-20-18-15-9-5-4-8-14(15)10-11-16(17)18/h1-12H. The molecule has 0 radical (unpaired) electrons. The maximum atomic E-state index is 4.35. The molecule has 4 rings (SSSR count). The summed E-state index contributed by atoms with van der Waals surface area (Å²) in [5, 5.41) is 12.0. The number of benzene rings is 3. The zero-order valence-electron chi connectivity index (χ0n) is 10.8. The molecule has 0 spiro atoms. The van der Waals surface area contributed by atoms with Crippen molar-refractivity contribution in [2.24, 2.45) is 0 Å². The smallest absolute Gasteiger partial charge is 0.101 e. The van der Waals surface area contributed by atoms with E-state index in [0.717, 1.165) is 21.9 Å². The van der Waals surface area contributed by atoms with Crippen LogP contribution < -0.4 is 0 Å². The Hall–Kier alpha value is -2.74. The van der Waals surface area contributed by atoms with Gasteiger partial charge in [0.15, 0.2) is 0 Å². The number of hydrogen-bond acceptors (Lipinski definition) is 2. The van der Waals surface area contributed by atoms with Crippen molar-refractivity contribution in [1.82, 2.24) is 10.2 Å². The molecule has 0 atom stereocenters. The minimum Gasteiger partial charge on any atom is -0.158 e. The molecule has 0 aliphatic rings. The molecule has 1 heterocycles. The first-order chi connectivity index (χ1) is 9.93. The summed E-state index contributed by atoms with van der Waals surface area (Å²) in [6.07, 6.45) is 1.84. The summed E-state index contributed by atoms with van der Waals surface area (Å²) in [5.74, 6) is 0. The summed E-state index contributed by atoms with van der Waals surface area (Å²) in [6, 6.07) is 22.9. The van der Waals surface area contributed by atoms with Gasteiger partial charge in [0.25, 0.3) is 0 Å². The Morgan fingerprint density at radius 2 is 1.45 bits per heavy atom. The van der Waals surface area contributed by atoms with Crippen molar-refractivity contribution in [3.63, 3.8) is 0 Å². The third-order valence-corrected chi connectivity index (χ3v) is 3.62. The molecule has 3 aromatic carbocycles. The van der Waals surface area contributed by atoms with Gasteiger partial charge in [-0.3, -0.25) is 0 Å². The predicted molar refractivity (Wildman–Crippen MR) is 82.5 cm³/mol. The highest BCUT2D eigenvalue weighted by molar-refractivity contribution is 6.09. The fourth-order valence-corrected chi connectivity index (χ4v) is 2.64. The minimum absolute atomic E-state index is 0.962. The van der Waals surface area contributed by atoms with E-state index in [1.165, 1.54) is 10.9 Å². The van der Waals surface area contributed by atoms with Gasteiger partial charge in [0.2, 0.25) is 0 Å². The van der Waals surface area contributed by atoms with Crippen molar-refractivity contribution in [3.8, 4) is 11.1 Å². The van der Waals surface area contributed by atoms with Crippen molar-refractivity contribution in [2.75, 3.05) is 0 Å². The van der Waals surface area contributed by atoms with Crippen LogP contribution in [-0.4, -0.2) is 10.2 Å². The summed E-state index contributed by atoms with van der Waals surface area (Å²) in [4.78, 5) is 0. The van der Waals surface area contributed by atoms with Crippen molar-refractivity contribution in [1.29, 1.82) is 0 Å². The van der Waals surface area contributed by atoms with Gasteiger partial charge in [-0.15, -0.1) is 5.10 Å². The first-order valence-electron chi connectivity index (χ1n) is 6.62. The van der Waals surface area contributed by atoms with Crippen LogP contribution >= 0.6 is 0 Å². The molecule has 20 heavy (non-hydrogen) atoms. The Balaban J connectivity index is 2.12. The van der Waals surface area contributed by atoms with Gasteiger partial charge in [-0.25, -0.2) is 0 Å². The second kappa shape index (κ2) is 4.42. The zero-order chi connectivity index (χ0) is 13.4. The van der Waals surface area contributed by atoms with Crippen molar-refractivity contribution in [2.45, 2.75) is 0 Å². The van der Waals surface area contributed by atoms with Crippen LogP contribution in [0.3, 0.4) is 0 Å². The van der Waals surface area contributed by atoms with Crippen LogP contribution in [0.15, 0.2) is 72.9 Å². The molecule has 0 N–H and O–H groups in total. The molecule has 0 saturated carbocycles. The maximum absolute atomic E-state index is 4.35. The largest absolute Gasteiger partial charge is 0.158 e. The monoisotopic (exact) mass is 256 g/mol. The van der Waals surface area contributed by atoms with Gasteiger partial charge in [0.1, 0.15) is 5.52 Å². The zero-order valence-corrected chi connectivity index (χ0v) is 10.8. The number of nitrogens with zero attached hydrogens (tertiary/aromatic N) is 2. The molecule has 2 heteroatoms. The van der Waals surface area contributed by atoms with Crippen LogP contribution in [0, 0.1) is 0 Å². The third kappa shape index (κ3) is 1.66. The lowest BCUT2D eigenvalue weighted by Gasteiger charge is -2.07. The van der Waals surface area contributed by atoms with E-state index in [9.17, 15) is 0 Å². The van der Waals surface area contributed by atoms with Crippen molar-refractivity contribution < 1.29 is 0 Å². The second-order valence-corrected chi connectivity index (χ2v) is 4.81. The lowest BCUT2D eigenvalue weighted by molar-refractivity contribution is 1.08. The molecular weight excluding hydrogens is 244 g/mol. The summed E-state index contributed by atoms with van der Waals surface area (Å²) in [6.45, 7) is 0. The van der Waals surface area contributed by atoms with E-state index in [0.29, 0.717) is 0 Å². The molecule has 0 fully saturated rings. The summed E-state index contributed by atoms with van der Waals surface area (Å²) in [7, 11) is 0. The normalized spacial score (nSPS) is 11.0. The van der Waals surface area contributed by atoms with Gasteiger partial charge in [-0.1, -0.05) is 66.7 Å². The molecule has 0 unspecified atom stereocenters. The van der Waals surface area contributed by atoms with E-state index in [1.807, 2.05) is 36.5 Å². The average Bonchev–Trinajstić information content (AvgIpc) is 2.55. The Labute approximate surface area is 116 Å². The molecule has 4 aromatic rings. The highest BCUT2D eigenvalue weighted by atomic mass is 15.1. The summed E-state index contributed by atoms with van der Waals surface area (Å²) < 4.78 is 0. The SMILES string of the molecule is c1ccc(-c2cnnc3c2ccc2ccccc23)cc1. The lowest BCUT2D eigenvalue weighted by atomic mass is 10.00. The Morgan fingerprint density at radius 1 is 0.650 bits per heavy atom. The van der Waals surface area contributed by atoms with Gasteiger partial charge in [0.05, 0.1) is 6.20 Å². The third-order valence-electron chi connectivity index (χ3n) is 3.62. The van der Waals surface area contributed by atoms with E-state index >= 15 is 0 Å². The van der Waals surface area contributed by atoms with Gasteiger partial charge < -0.3 is 0 Å². The van der Waals surface area contributed by atoms with Crippen molar-refractivity contribution in [3.05, 3.63) is 72.9 Å². The quantitative estimate of drug-likeness (QED) is 0.470. The molecule has 94 valence electrons. The van der Waals surface area contributed by atoms with Crippen LogP contribution in [0.1, 0.15) is 0 Å². The molecule has 1 aromatic heterocycles. The Bertz CT molecular complexity index is 899. The molecule has 0 saturated heterocycles. The van der Waals surface area contributed by atoms with E-state index < -0.39 is 0 Å². The highest BCUT2D eigenvalue weighted by Gasteiger charge is 2.07. The Kier molecular flexibility index (Phi) is 2.46. The number of rotatable bonds is 1. The van der Waals surface area contributed by atoms with Crippen molar-refractivity contribution >= 4 is 21.7 Å². The molecule has 0 amide bonds. The predicted octanol–water partition coefficient (Wildman–Crippen LogP) is 4.45. The molecule has 2 nitrogen and oxygen atoms in total. The molecule has 0 aliphatic heterocycles. The molecule has 0 bridgehead atoms. The molecule has 0 aliphatic carbocycles. The number of fused-ring (bicyclic) bond motifs is 3. The Morgan fingerprint density at radius 3 is 2.35 bits per heavy atom. The number of aromatic nitrogens is 2. The average molecular weight is 256 g/mol. The topological polar surface area (TPSA) is 25.8 Å². The van der Waals surface area contributed by atoms with E-state index in [2.05, 4.69) is 46.6 Å². The van der Waals surface area contributed by atoms with E-state index in [-0.39, 0.29) is 0 Å². The van der Waals surface area contributed by atoms with Crippen LogP contribution in [0.2, 0.25) is 0 Å². The first-order valence-corrected chi connectivity index (χ1v) is 6.62. The van der Waals surface area contributed by atoms with Crippen LogP contribution in [0.25, 0.3) is 32.8 Å².